The van der Waals surface area contributed by atoms with Crippen molar-refractivity contribution in [2.75, 3.05) is 0 Å². The first kappa shape index (κ1) is 11.1. The van der Waals surface area contributed by atoms with Gasteiger partial charge in [0, 0.05) is 5.57 Å². The van der Waals surface area contributed by atoms with Crippen LogP contribution < -0.4 is 5.09 Å². The summed E-state index contributed by atoms with van der Waals surface area (Å²) in [5.74, 6) is -0.327. The monoisotopic (exact) mass is 185 g/mol. The first-order chi connectivity index (χ1) is 5.49. The lowest BCUT2D eigenvalue weighted by atomic mass is 10.2. The summed E-state index contributed by atoms with van der Waals surface area (Å²) in [6, 6.07) is 0. The van der Waals surface area contributed by atoms with E-state index < -0.39 is 0 Å². The van der Waals surface area contributed by atoms with E-state index in [1.807, 2.05) is 0 Å². The fourth-order valence-electron chi connectivity index (χ4n) is 0.534. The first-order valence-corrected chi connectivity index (χ1v) is 4.02. The molecule has 0 radical (unpaired) electrons. The normalized spacial score (nSPS) is 8.33. The lowest BCUT2D eigenvalue weighted by Crippen LogP contribution is -2.11. The van der Waals surface area contributed by atoms with Crippen LogP contribution in [0.5, 0.6) is 0 Å². The number of hydrogen-bond acceptors (Lipinski definition) is 2. The smallest absolute Gasteiger partial charge is 0.257 e. The number of carbonyl (C=O) groups excluding carboxylic acids is 2. The molecule has 0 spiro atoms. The third-order valence-corrected chi connectivity index (χ3v) is 1.64. The molecular weight excluding hydrogens is 173 g/mol. The zero-order chi connectivity index (χ0) is 9.72. The predicted molar refractivity (Wildman–Crippen MR) is 50.4 cm³/mol. The second kappa shape index (κ2) is 4.87. The van der Waals surface area contributed by atoms with E-state index in [0.717, 1.165) is 0 Å². The predicted octanol–water partition coefficient (Wildman–Crippen LogP) is 0.973. The summed E-state index contributed by atoms with van der Waals surface area (Å²) in [7, 11) is 2.09. The highest BCUT2D eigenvalue weighted by molar-refractivity contribution is 7.15. The van der Waals surface area contributed by atoms with Crippen molar-refractivity contribution in [1.82, 2.24) is 5.09 Å². The molecule has 0 rings (SSSR count). The molecule has 0 fully saturated rings. The Kier molecular flexibility index (Phi) is 4.50. The number of rotatable bonds is 2. The number of nitrogens with one attached hydrogen (secondary N) is 1. The van der Waals surface area contributed by atoms with Gasteiger partial charge in [-0.15, -0.1) is 5.73 Å². The van der Waals surface area contributed by atoms with Gasteiger partial charge in [0.05, 0.1) is 5.57 Å². The summed E-state index contributed by atoms with van der Waals surface area (Å²) in [5, 5.41) is 2.36. The van der Waals surface area contributed by atoms with Crippen LogP contribution in [0, 0.1) is 0 Å². The van der Waals surface area contributed by atoms with Crippen LogP contribution in [0.4, 0.5) is 0 Å². The Morgan fingerprint density at radius 1 is 1.17 bits per heavy atom. The van der Waals surface area contributed by atoms with Gasteiger partial charge in [0.25, 0.3) is 5.91 Å². The van der Waals surface area contributed by atoms with E-state index in [0.29, 0.717) is 11.1 Å². The van der Waals surface area contributed by atoms with Crippen molar-refractivity contribution in [3.05, 3.63) is 16.9 Å². The average Bonchev–Trinajstić information content (AvgIpc) is 2.02. The molecule has 1 amide bonds. The van der Waals surface area contributed by atoms with Crippen LogP contribution in [0.2, 0.25) is 0 Å². The zero-order valence-electron chi connectivity index (χ0n) is 7.39. The minimum atomic E-state index is -0.249. The molecule has 4 heteroatoms. The molecule has 66 valence electrons. The third kappa shape index (κ3) is 3.47. The fourth-order valence-corrected chi connectivity index (χ4v) is 0.751. The Bertz CT molecular complexity index is 275. The third-order valence-electron chi connectivity index (χ3n) is 1.37. The van der Waals surface area contributed by atoms with Crippen molar-refractivity contribution < 1.29 is 9.59 Å². The van der Waals surface area contributed by atoms with Crippen LogP contribution in [-0.4, -0.2) is 11.7 Å². The number of hydrogen-bond donors (Lipinski definition) is 1. The fraction of sp³-hybridized carbons (Fsp3) is 0.375. The van der Waals surface area contributed by atoms with Crippen molar-refractivity contribution in [2.24, 2.45) is 0 Å². The molecule has 1 unspecified atom stereocenters. The molecular formula is C8H12NO2P. The van der Waals surface area contributed by atoms with Gasteiger partial charge in [-0.1, -0.05) is 0 Å². The van der Waals surface area contributed by atoms with E-state index >= 15 is 0 Å². The van der Waals surface area contributed by atoms with Crippen LogP contribution in [0.1, 0.15) is 20.8 Å². The maximum absolute atomic E-state index is 10.9. The summed E-state index contributed by atoms with van der Waals surface area (Å²) >= 11 is 0. The lowest BCUT2D eigenvalue weighted by Gasteiger charge is -1.94. The molecule has 0 aromatic rings. The van der Waals surface area contributed by atoms with Gasteiger partial charge in [0.2, 0.25) is 0 Å². The van der Waals surface area contributed by atoms with Crippen molar-refractivity contribution in [1.29, 1.82) is 0 Å². The highest BCUT2D eigenvalue weighted by atomic mass is 31.0. The summed E-state index contributed by atoms with van der Waals surface area (Å²) in [6.45, 7) is 4.67. The van der Waals surface area contributed by atoms with E-state index in [2.05, 4.69) is 20.2 Å². The molecule has 3 nitrogen and oxygen atoms in total. The molecule has 0 saturated heterocycles. The van der Waals surface area contributed by atoms with Crippen molar-refractivity contribution in [3.63, 3.8) is 0 Å². The van der Waals surface area contributed by atoms with E-state index in [9.17, 15) is 9.59 Å². The van der Waals surface area contributed by atoms with Crippen molar-refractivity contribution >= 4 is 21.1 Å². The minimum absolute atomic E-state index is 0.0779. The van der Waals surface area contributed by atoms with Gasteiger partial charge in [-0.3, -0.25) is 9.59 Å². The number of Topliss-reactive ketones (excluding diaryl/α,β-unsaturated/α-hetero) is 1. The van der Waals surface area contributed by atoms with Gasteiger partial charge in [0.15, 0.2) is 5.78 Å². The van der Waals surface area contributed by atoms with Crippen LogP contribution in [0.3, 0.4) is 0 Å². The van der Waals surface area contributed by atoms with Crippen LogP contribution in [0.25, 0.3) is 0 Å². The Hall–Kier alpha value is -0.910. The maximum Gasteiger partial charge on any atom is 0.257 e. The summed E-state index contributed by atoms with van der Waals surface area (Å²) < 4.78 is 0. The Labute approximate surface area is 74.2 Å². The molecule has 0 saturated carbocycles. The molecule has 1 N–H and O–H groups in total. The summed E-state index contributed by atoms with van der Waals surface area (Å²) in [6.07, 6.45) is 0. The molecule has 12 heavy (non-hydrogen) atoms. The molecule has 0 aliphatic heterocycles. The quantitative estimate of drug-likeness (QED) is 0.396. The standard InChI is InChI=1S/C8H12NO2P/c1-5(7(3)10)4-6(2)8(11)9-12/h12H2,1-3H3,(H,9,11). The molecule has 0 aromatic carbocycles. The van der Waals surface area contributed by atoms with Crippen molar-refractivity contribution in [3.8, 4) is 0 Å². The number of ketones is 1. The van der Waals surface area contributed by atoms with Gasteiger partial charge < -0.3 is 5.09 Å². The van der Waals surface area contributed by atoms with Gasteiger partial charge >= 0.3 is 0 Å². The largest absolute Gasteiger partial charge is 0.336 e. The Morgan fingerprint density at radius 2 is 1.67 bits per heavy atom. The number of amides is 1. The van der Waals surface area contributed by atoms with Gasteiger partial charge in [-0.2, -0.15) is 0 Å². The lowest BCUT2D eigenvalue weighted by molar-refractivity contribution is -0.115. The van der Waals surface area contributed by atoms with E-state index in [1.54, 1.807) is 13.8 Å². The van der Waals surface area contributed by atoms with E-state index in [4.69, 9.17) is 0 Å². The molecule has 0 bridgehead atoms. The molecule has 0 aliphatic carbocycles. The van der Waals surface area contributed by atoms with E-state index in [-0.39, 0.29) is 11.7 Å². The summed E-state index contributed by atoms with van der Waals surface area (Å²) in [5.41, 5.74) is 3.55. The highest BCUT2D eigenvalue weighted by Crippen LogP contribution is 1.96. The van der Waals surface area contributed by atoms with Gasteiger partial charge in [-0.05, 0) is 30.2 Å². The molecule has 1 atom stereocenters. The van der Waals surface area contributed by atoms with Crippen LogP contribution in [0.15, 0.2) is 16.9 Å². The van der Waals surface area contributed by atoms with Crippen LogP contribution >= 0.6 is 9.39 Å². The molecule has 0 aromatic heterocycles. The van der Waals surface area contributed by atoms with E-state index in [1.165, 1.54) is 6.92 Å². The van der Waals surface area contributed by atoms with Gasteiger partial charge in [-0.25, -0.2) is 0 Å². The maximum atomic E-state index is 10.9. The first-order valence-electron chi connectivity index (χ1n) is 3.45. The average molecular weight is 185 g/mol. The Morgan fingerprint density at radius 3 is 2.00 bits per heavy atom. The van der Waals surface area contributed by atoms with Crippen molar-refractivity contribution in [2.45, 2.75) is 20.8 Å². The van der Waals surface area contributed by atoms with Crippen LogP contribution in [-0.2, 0) is 9.59 Å². The zero-order valence-corrected chi connectivity index (χ0v) is 8.55. The minimum Gasteiger partial charge on any atom is -0.336 e. The second-order valence-electron chi connectivity index (χ2n) is 2.40. The highest BCUT2D eigenvalue weighted by Gasteiger charge is 2.00. The summed E-state index contributed by atoms with van der Waals surface area (Å²) in [4.78, 5) is 21.7. The Balaban J connectivity index is 4.87. The molecule has 0 aliphatic rings. The van der Waals surface area contributed by atoms with Gasteiger partial charge in [0.1, 0.15) is 0 Å². The topological polar surface area (TPSA) is 46.2 Å². The SMILES string of the molecule is CC(=O)C(C)=C=C(C)C(=O)NP. The second-order valence-corrected chi connectivity index (χ2v) is 2.69. The molecule has 0 heterocycles. The number of carbonyl (C=O) groups is 2.